The highest BCUT2D eigenvalue weighted by atomic mass is 14.8. The highest BCUT2D eigenvalue weighted by molar-refractivity contribution is 5.20. The molecule has 0 bridgehead atoms. The summed E-state index contributed by atoms with van der Waals surface area (Å²) in [7, 11) is 0. The molecule has 0 atom stereocenters. The van der Waals surface area contributed by atoms with Gasteiger partial charge in [-0.3, -0.25) is 0 Å². The molecule has 0 aliphatic heterocycles. The van der Waals surface area contributed by atoms with Gasteiger partial charge in [0.2, 0.25) is 0 Å². The van der Waals surface area contributed by atoms with E-state index < -0.39 is 0 Å². The van der Waals surface area contributed by atoms with Crippen LogP contribution in [0.25, 0.3) is 0 Å². The molecule has 1 rings (SSSR count). The lowest BCUT2D eigenvalue weighted by atomic mass is 9.94. The van der Waals surface area contributed by atoms with E-state index in [-0.39, 0.29) is 0 Å². The first-order valence-electron chi connectivity index (χ1n) is 4.31. The third-order valence-corrected chi connectivity index (χ3v) is 4.97. The average molecular weight is 140 g/mol. The summed E-state index contributed by atoms with van der Waals surface area (Å²) in [5.74, 6) is 0. The number of hydrogen-bond acceptors (Lipinski definition) is 0. The van der Waals surface area contributed by atoms with E-state index in [1.165, 1.54) is 6.42 Å². The van der Waals surface area contributed by atoms with Gasteiger partial charge in [0.1, 0.15) is 0 Å². The van der Waals surface area contributed by atoms with Crippen LogP contribution in [0.15, 0.2) is 0 Å². The monoisotopic (exact) mass is 140 g/mol. The molecule has 0 unspecified atom stereocenters. The molecule has 0 amide bonds. The molecule has 0 aromatic carbocycles. The Balaban J connectivity index is 2.90. The minimum Gasteiger partial charge on any atom is -0.0648 e. The number of hydrogen-bond donors (Lipinski definition) is 0. The predicted octanol–water partition coefficient (Wildman–Crippen LogP) is 3.47. The quantitative estimate of drug-likeness (QED) is 0.523. The molecule has 1 fully saturated rings. The molecule has 1 aliphatic rings. The zero-order valence-corrected chi connectivity index (χ0v) is 8.21. The summed E-state index contributed by atoms with van der Waals surface area (Å²) in [6.45, 7) is 14.3. The first-order valence-corrected chi connectivity index (χ1v) is 4.31. The maximum Gasteiger partial charge on any atom is -0.0215 e. The van der Waals surface area contributed by atoms with Crippen LogP contribution in [0.2, 0.25) is 0 Å². The van der Waals surface area contributed by atoms with Gasteiger partial charge < -0.3 is 0 Å². The lowest BCUT2D eigenvalue weighted by molar-refractivity contribution is 0.394. The van der Waals surface area contributed by atoms with E-state index in [1.54, 1.807) is 0 Å². The van der Waals surface area contributed by atoms with Crippen molar-refractivity contribution >= 4 is 0 Å². The van der Waals surface area contributed by atoms with Crippen molar-refractivity contribution in [3.8, 4) is 0 Å². The van der Waals surface area contributed by atoms with E-state index in [0.29, 0.717) is 16.2 Å². The molecular formula is C10H20. The van der Waals surface area contributed by atoms with Gasteiger partial charge in [0.05, 0.1) is 0 Å². The Morgan fingerprint density at radius 2 is 1.10 bits per heavy atom. The second-order valence-corrected chi connectivity index (χ2v) is 4.94. The lowest BCUT2D eigenvalue weighted by Crippen LogP contribution is -2.01. The summed E-state index contributed by atoms with van der Waals surface area (Å²) in [5, 5.41) is 0. The fourth-order valence-corrected chi connectivity index (χ4v) is 2.59. The molecule has 0 spiro atoms. The van der Waals surface area contributed by atoms with Gasteiger partial charge in [0, 0.05) is 0 Å². The summed E-state index contributed by atoms with van der Waals surface area (Å²) in [4.78, 5) is 0. The standard InChI is InChI=1S/C10H20/c1-7-10(6)8(2,3)9(10,4)5/h7H2,1-6H3. The van der Waals surface area contributed by atoms with Crippen LogP contribution in [0.4, 0.5) is 0 Å². The van der Waals surface area contributed by atoms with E-state index >= 15 is 0 Å². The normalized spacial score (nSPS) is 31.8. The molecule has 10 heavy (non-hydrogen) atoms. The average Bonchev–Trinajstić information content (AvgIpc) is 2.11. The number of rotatable bonds is 1. The zero-order chi connectivity index (χ0) is 8.21. The topological polar surface area (TPSA) is 0 Å². The molecule has 0 heteroatoms. The molecular weight excluding hydrogens is 120 g/mol. The van der Waals surface area contributed by atoms with Gasteiger partial charge in [-0.1, -0.05) is 41.5 Å². The van der Waals surface area contributed by atoms with Crippen LogP contribution in [0.5, 0.6) is 0 Å². The largest absolute Gasteiger partial charge is 0.0648 e. The van der Waals surface area contributed by atoms with Crippen LogP contribution in [-0.2, 0) is 0 Å². The first-order chi connectivity index (χ1) is 4.31. The Bertz CT molecular complexity index is 137. The second kappa shape index (κ2) is 1.60. The molecule has 0 saturated heterocycles. The van der Waals surface area contributed by atoms with E-state index in [9.17, 15) is 0 Å². The summed E-state index contributed by atoms with van der Waals surface area (Å²) in [5.41, 5.74) is 1.68. The Hall–Kier alpha value is 0. The van der Waals surface area contributed by atoms with Crippen molar-refractivity contribution < 1.29 is 0 Å². The van der Waals surface area contributed by atoms with Crippen LogP contribution in [0.3, 0.4) is 0 Å². The summed E-state index contributed by atoms with van der Waals surface area (Å²) >= 11 is 0. The third kappa shape index (κ3) is 0.500. The minimum atomic E-state index is 0.550. The second-order valence-electron chi connectivity index (χ2n) is 4.94. The fourth-order valence-electron chi connectivity index (χ4n) is 2.59. The van der Waals surface area contributed by atoms with Crippen LogP contribution in [0.1, 0.15) is 48.0 Å². The maximum absolute atomic E-state index is 2.41. The molecule has 1 saturated carbocycles. The Morgan fingerprint density at radius 1 is 0.800 bits per heavy atom. The van der Waals surface area contributed by atoms with E-state index in [1.807, 2.05) is 0 Å². The molecule has 0 aromatic rings. The van der Waals surface area contributed by atoms with E-state index in [2.05, 4.69) is 41.5 Å². The van der Waals surface area contributed by atoms with Gasteiger partial charge in [-0.15, -0.1) is 0 Å². The maximum atomic E-state index is 2.41. The molecule has 60 valence electrons. The summed E-state index contributed by atoms with van der Waals surface area (Å²) in [6, 6.07) is 0. The molecule has 0 aromatic heterocycles. The SMILES string of the molecule is CCC1(C)C(C)(C)C1(C)C. The highest BCUT2D eigenvalue weighted by Crippen LogP contribution is 2.78. The van der Waals surface area contributed by atoms with Crippen LogP contribution >= 0.6 is 0 Å². The molecule has 0 radical (unpaired) electrons. The van der Waals surface area contributed by atoms with Gasteiger partial charge in [-0.2, -0.15) is 0 Å². The van der Waals surface area contributed by atoms with Crippen LogP contribution < -0.4 is 0 Å². The van der Waals surface area contributed by atoms with Gasteiger partial charge in [0.25, 0.3) is 0 Å². The highest BCUT2D eigenvalue weighted by Gasteiger charge is 2.72. The molecule has 1 aliphatic carbocycles. The van der Waals surface area contributed by atoms with Gasteiger partial charge >= 0.3 is 0 Å². The van der Waals surface area contributed by atoms with Crippen molar-refractivity contribution in [1.82, 2.24) is 0 Å². The van der Waals surface area contributed by atoms with Crippen molar-refractivity contribution in [3.63, 3.8) is 0 Å². The Morgan fingerprint density at radius 3 is 1.10 bits per heavy atom. The fraction of sp³-hybridized carbons (Fsp3) is 1.00. The van der Waals surface area contributed by atoms with E-state index in [4.69, 9.17) is 0 Å². The molecule has 0 heterocycles. The Kier molecular flexibility index (Phi) is 1.29. The van der Waals surface area contributed by atoms with Gasteiger partial charge in [-0.05, 0) is 22.7 Å². The van der Waals surface area contributed by atoms with Crippen LogP contribution in [-0.4, -0.2) is 0 Å². The van der Waals surface area contributed by atoms with Crippen molar-refractivity contribution in [2.24, 2.45) is 16.2 Å². The summed E-state index contributed by atoms with van der Waals surface area (Å²) in [6.07, 6.45) is 1.31. The van der Waals surface area contributed by atoms with Crippen LogP contribution in [0, 0.1) is 16.2 Å². The van der Waals surface area contributed by atoms with Gasteiger partial charge in [0.15, 0.2) is 0 Å². The summed E-state index contributed by atoms with van der Waals surface area (Å²) < 4.78 is 0. The predicted molar refractivity (Wildman–Crippen MR) is 46.0 cm³/mol. The van der Waals surface area contributed by atoms with E-state index in [0.717, 1.165) is 0 Å². The molecule has 0 nitrogen and oxygen atoms in total. The Labute approximate surface area is 65.0 Å². The lowest BCUT2D eigenvalue weighted by Gasteiger charge is -2.10. The third-order valence-electron chi connectivity index (χ3n) is 4.97. The first kappa shape index (κ1) is 8.10. The van der Waals surface area contributed by atoms with Crippen molar-refractivity contribution in [2.75, 3.05) is 0 Å². The van der Waals surface area contributed by atoms with Crippen molar-refractivity contribution in [3.05, 3.63) is 0 Å². The minimum absolute atomic E-state index is 0.550. The van der Waals surface area contributed by atoms with Crippen molar-refractivity contribution in [2.45, 2.75) is 48.0 Å². The van der Waals surface area contributed by atoms with Crippen molar-refractivity contribution in [1.29, 1.82) is 0 Å². The van der Waals surface area contributed by atoms with Gasteiger partial charge in [-0.25, -0.2) is 0 Å². The zero-order valence-electron chi connectivity index (χ0n) is 8.21. The molecule has 0 N–H and O–H groups in total. The smallest absolute Gasteiger partial charge is 0.0215 e.